The third-order valence-corrected chi connectivity index (χ3v) is 28.2. The molecule has 2 aromatic heterocycles. The smallest absolute Gasteiger partial charge is 0.0132 e. The fourth-order valence-electron chi connectivity index (χ4n) is 13.6. The fraction of sp³-hybridized carbons (Fsp3) is 0.224. The normalized spacial score (nSPS) is 14.3. The molecule has 1 spiro atoms. The molecule has 9 aromatic carbocycles. The Morgan fingerprint density at radius 2 is 0.939 bits per heavy atom. The zero-order valence-corrected chi connectivity index (χ0v) is 51.6. The van der Waals surface area contributed by atoms with Crippen LogP contribution in [0.5, 0.6) is 11.5 Å². The van der Waals surface area contributed by atoms with E-state index in [0.717, 1.165) is 39.9 Å². The van der Waals surface area contributed by atoms with Crippen LogP contribution in [0.2, 0.25) is 0 Å². The van der Waals surface area contributed by atoms with Crippen LogP contribution < -0.4 is 32.1 Å². The third kappa shape index (κ3) is 8.12. The summed E-state index contributed by atoms with van der Waals surface area (Å²) in [6, 6.07) is 75.7. The van der Waals surface area contributed by atoms with Crippen LogP contribution in [0, 0.1) is 0 Å². The molecular weight excluding hydrogens is 1060 g/mol. The number of ether oxygens (including phenoxy) is 1. The zero-order chi connectivity index (χ0) is 56.8. The van der Waals surface area contributed by atoms with Gasteiger partial charge in [0.25, 0.3) is 0 Å². The van der Waals surface area contributed by atoms with Crippen molar-refractivity contribution in [2.75, 3.05) is 16.5 Å². The predicted molar refractivity (Wildman–Crippen MR) is 349 cm³/mol. The van der Waals surface area contributed by atoms with E-state index in [4.69, 9.17) is 9.72 Å². The van der Waals surface area contributed by atoms with Crippen LogP contribution in [0.15, 0.2) is 206 Å². The monoisotopic (exact) mass is 1130 g/mol. The van der Waals surface area contributed by atoms with Gasteiger partial charge in [0.1, 0.15) is 0 Å². The number of fused-ring (bicyclic) bond motifs is 8. The van der Waals surface area contributed by atoms with Crippen molar-refractivity contribution in [3.63, 3.8) is 0 Å². The number of nitrogens with zero attached hydrogens (tertiary/aromatic N) is 4. The maximum absolute atomic E-state index is 7.39. The summed E-state index contributed by atoms with van der Waals surface area (Å²) in [5, 5.41) is 2.69. The molecule has 0 radical (unpaired) electrons. The average Bonchev–Trinajstić information content (AvgIpc) is 1.59. The first-order valence-electron chi connectivity index (χ1n) is 29.3. The number of pyridine rings is 1. The van der Waals surface area contributed by atoms with Crippen LogP contribution >= 0.6 is 0 Å². The van der Waals surface area contributed by atoms with Gasteiger partial charge < -0.3 is 0 Å². The molecule has 82 heavy (non-hydrogen) atoms. The van der Waals surface area contributed by atoms with Crippen LogP contribution in [0.1, 0.15) is 105 Å². The molecular formula is C76H72GeN4O. The molecule has 6 heteroatoms. The van der Waals surface area contributed by atoms with Crippen molar-refractivity contribution in [2.45, 2.75) is 105 Å². The second-order valence-corrected chi connectivity index (χ2v) is 35.0. The Morgan fingerprint density at radius 1 is 0.390 bits per heavy atom. The molecule has 5 heterocycles. The maximum atomic E-state index is 7.39. The van der Waals surface area contributed by atoms with E-state index >= 15 is 0 Å². The van der Waals surface area contributed by atoms with Gasteiger partial charge in [-0.25, -0.2) is 0 Å². The number of rotatable bonds is 7. The first-order chi connectivity index (χ1) is 39.2. The molecule has 0 bridgehead atoms. The first-order valence-corrected chi connectivity index (χ1v) is 33.5. The second-order valence-electron chi connectivity index (χ2n) is 27.3. The van der Waals surface area contributed by atoms with Crippen LogP contribution in [0.25, 0.3) is 61.0 Å². The van der Waals surface area contributed by atoms with E-state index in [1.807, 2.05) is 6.20 Å². The molecule has 0 saturated heterocycles. The SMILES string of the molecule is CC(C)(C)c1cc(-c2cc(C(C)(C)C)cc(-c3ccccc3)c2N2CN(c3cccc(Oc4c[c]5c6c7[c](cccc7n(-c7cc(C(C)(C)C)ccn7)c6c4)[Ge]54[c]5ccccc5-c5cccc[c]54)c3)c3ccccc32)cc(C(C)(C)C)c1. The van der Waals surface area contributed by atoms with E-state index in [2.05, 4.69) is 298 Å². The minimum atomic E-state index is -3.61. The summed E-state index contributed by atoms with van der Waals surface area (Å²) in [4.78, 5) is 10.2. The molecule has 0 fully saturated rings. The van der Waals surface area contributed by atoms with E-state index in [1.54, 1.807) is 0 Å². The van der Waals surface area contributed by atoms with Crippen molar-refractivity contribution < 1.29 is 4.74 Å². The molecule has 3 aliphatic heterocycles. The van der Waals surface area contributed by atoms with Crippen molar-refractivity contribution in [1.29, 1.82) is 0 Å². The summed E-state index contributed by atoms with van der Waals surface area (Å²) in [6.07, 6.45) is 1.98. The van der Waals surface area contributed by atoms with Gasteiger partial charge in [-0.05, 0) is 56.2 Å². The average molecular weight is 1130 g/mol. The summed E-state index contributed by atoms with van der Waals surface area (Å²) in [7, 11) is 0. The van der Waals surface area contributed by atoms with Gasteiger partial charge in [0, 0.05) is 0 Å². The van der Waals surface area contributed by atoms with E-state index in [0.29, 0.717) is 6.67 Å². The number of para-hydroxylation sites is 2. The molecule has 0 amide bonds. The van der Waals surface area contributed by atoms with E-state index in [1.165, 1.54) is 95.2 Å². The quantitative estimate of drug-likeness (QED) is 0.149. The van der Waals surface area contributed by atoms with Crippen molar-refractivity contribution in [1.82, 2.24) is 9.55 Å². The Kier molecular flexibility index (Phi) is 11.7. The van der Waals surface area contributed by atoms with Crippen LogP contribution in [-0.4, -0.2) is 29.5 Å². The molecule has 406 valence electrons. The Bertz CT molecular complexity index is 4330. The molecule has 0 aliphatic carbocycles. The van der Waals surface area contributed by atoms with Crippen molar-refractivity contribution >= 4 is 75.4 Å². The van der Waals surface area contributed by atoms with Gasteiger partial charge in [-0.3, -0.25) is 0 Å². The largest absolute Gasteiger partial charge is 0.0561 e. The minimum Gasteiger partial charge on any atom is -0.0561 e. The maximum Gasteiger partial charge on any atom is -0.0132 e. The number of benzene rings is 9. The van der Waals surface area contributed by atoms with Gasteiger partial charge in [0.15, 0.2) is 0 Å². The Balaban J connectivity index is 0.933. The van der Waals surface area contributed by atoms with Crippen LogP contribution in [0.4, 0.5) is 22.7 Å². The van der Waals surface area contributed by atoms with Gasteiger partial charge in [-0.15, -0.1) is 0 Å². The van der Waals surface area contributed by atoms with Crippen molar-refractivity contribution in [2.24, 2.45) is 0 Å². The van der Waals surface area contributed by atoms with E-state index in [-0.39, 0.29) is 21.7 Å². The summed E-state index contributed by atoms with van der Waals surface area (Å²) in [6.45, 7) is 28.5. The first kappa shape index (κ1) is 52.0. The summed E-state index contributed by atoms with van der Waals surface area (Å²) in [5.74, 6) is 2.54. The van der Waals surface area contributed by atoms with Gasteiger partial charge in [0.2, 0.25) is 0 Å². The molecule has 3 aliphatic rings. The van der Waals surface area contributed by atoms with Crippen LogP contribution in [0.3, 0.4) is 0 Å². The Hall–Kier alpha value is -8.13. The standard InChI is InChI=1S/C76H72GeN4O/c1-73(2,3)50-36-37-78-69(43-50)81-67-35-23-32-63-70(67)71-64(77(63)61-30-18-16-28-57(61)58-29-17-19-31-62(58)77)45-56(46-68(71)81)82-55-27-22-26-54(44-55)79-47-80(66-34-21-20-33-65(66)79)72-59(48-24-14-13-15-25-48)41-53(76(10,11)12)42-60(72)49-38-51(74(4,5)6)40-52(39-49)75(7,8)9/h13-46H,47H2,1-12H3. The van der Waals surface area contributed by atoms with E-state index in [9.17, 15) is 0 Å². The predicted octanol–water partition coefficient (Wildman–Crippen LogP) is 17.4. The fourth-order valence-corrected chi connectivity index (χ4v) is 25.4. The topological polar surface area (TPSA) is 33.5 Å². The summed E-state index contributed by atoms with van der Waals surface area (Å²) in [5.41, 5.74) is 19.5. The number of hydrogen-bond donors (Lipinski definition) is 0. The second kappa shape index (κ2) is 18.4. The molecule has 0 unspecified atom stereocenters. The third-order valence-electron chi connectivity index (χ3n) is 17.9. The van der Waals surface area contributed by atoms with Gasteiger partial charge in [0.05, 0.1) is 0 Å². The van der Waals surface area contributed by atoms with Crippen molar-refractivity contribution in [3.8, 4) is 50.7 Å². The van der Waals surface area contributed by atoms with Gasteiger partial charge in [-0.2, -0.15) is 0 Å². The number of hydrogen-bond acceptors (Lipinski definition) is 4. The molecule has 0 saturated carbocycles. The molecule has 14 rings (SSSR count). The van der Waals surface area contributed by atoms with E-state index < -0.39 is 13.3 Å². The number of anilines is 4. The molecule has 11 aromatic rings. The summed E-state index contributed by atoms with van der Waals surface area (Å²) >= 11 is -3.61. The molecule has 5 nitrogen and oxygen atoms in total. The van der Waals surface area contributed by atoms with Crippen LogP contribution in [-0.2, 0) is 21.7 Å². The number of aromatic nitrogens is 2. The Morgan fingerprint density at radius 3 is 1.59 bits per heavy atom. The zero-order valence-electron chi connectivity index (χ0n) is 49.5. The minimum absolute atomic E-state index is 0.0514. The van der Waals surface area contributed by atoms with Gasteiger partial charge in [-0.1, -0.05) is 111 Å². The van der Waals surface area contributed by atoms with Gasteiger partial charge >= 0.3 is 323 Å². The molecule has 0 atom stereocenters. The van der Waals surface area contributed by atoms with Crippen molar-refractivity contribution in [3.05, 3.63) is 229 Å². The molecule has 0 N–H and O–H groups in total. The Labute approximate surface area is 487 Å². The summed E-state index contributed by atoms with van der Waals surface area (Å²) < 4.78 is 15.7.